The summed E-state index contributed by atoms with van der Waals surface area (Å²) in [5, 5.41) is 2.82. The molecule has 0 fully saturated rings. The predicted molar refractivity (Wildman–Crippen MR) is 91.0 cm³/mol. The Balaban J connectivity index is 1.73. The fourth-order valence-corrected chi connectivity index (χ4v) is 2.14. The van der Waals surface area contributed by atoms with Gasteiger partial charge in [0.05, 0.1) is 6.54 Å². The van der Waals surface area contributed by atoms with E-state index in [4.69, 9.17) is 9.47 Å². The van der Waals surface area contributed by atoms with Crippen molar-refractivity contribution in [3.63, 3.8) is 0 Å². The second-order valence-electron chi connectivity index (χ2n) is 5.48. The van der Waals surface area contributed by atoms with E-state index in [2.05, 4.69) is 5.32 Å². The van der Waals surface area contributed by atoms with Crippen molar-refractivity contribution in [3.05, 3.63) is 59.7 Å². The van der Waals surface area contributed by atoms with Crippen LogP contribution in [0.1, 0.15) is 18.1 Å². The van der Waals surface area contributed by atoms with Crippen LogP contribution in [0.3, 0.4) is 0 Å². The highest BCUT2D eigenvalue weighted by Crippen LogP contribution is 2.16. The minimum atomic E-state index is -0.546. The van der Waals surface area contributed by atoms with Gasteiger partial charge >= 0.3 is 0 Å². The Morgan fingerprint density at radius 2 is 1.91 bits per heavy atom. The second-order valence-corrected chi connectivity index (χ2v) is 5.48. The Labute approximate surface area is 137 Å². The van der Waals surface area contributed by atoms with Crippen LogP contribution in [0.4, 0.5) is 0 Å². The molecule has 4 heteroatoms. The summed E-state index contributed by atoms with van der Waals surface area (Å²) in [5.41, 5.74) is 2.18. The zero-order valence-electron chi connectivity index (χ0n) is 13.8. The van der Waals surface area contributed by atoms with Crippen molar-refractivity contribution in [3.8, 4) is 11.5 Å². The van der Waals surface area contributed by atoms with Crippen molar-refractivity contribution >= 4 is 5.91 Å². The van der Waals surface area contributed by atoms with Gasteiger partial charge in [0, 0.05) is 0 Å². The molecule has 1 N–H and O–H groups in total. The predicted octanol–water partition coefficient (Wildman–Crippen LogP) is 3.27. The molecule has 2 rings (SSSR count). The zero-order chi connectivity index (χ0) is 16.7. The molecule has 4 nitrogen and oxygen atoms in total. The van der Waals surface area contributed by atoms with Crippen LogP contribution in [-0.2, 0) is 4.79 Å². The monoisotopic (exact) mass is 313 g/mol. The first-order chi connectivity index (χ1) is 11.1. The molecule has 0 aliphatic carbocycles. The molecule has 23 heavy (non-hydrogen) atoms. The van der Waals surface area contributed by atoms with Gasteiger partial charge in [0.1, 0.15) is 18.1 Å². The summed E-state index contributed by atoms with van der Waals surface area (Å²) in [7, 11) is 0. The summed E-state index contributed by atoms with van der Waals surface area (Å²) in [6.07, 6.45) is -0.546. The van der Waals surface area contributed by atoms with Crippen molar-refractivity contribution in [1.29, 1.82) is 0 Å². The van der Waals surface area contributed by atoms with Crippen molar-refractivity contribution in [2.75, 3.05) is 13.2 Å². The van der Waals surface area contributed by atoms with E-state index in [0.717, 1.165) is 16.9 Å². The Hall–Kier alpha value is -2.49. The molecule has 0 heterocycles. The van der Waals surface area contributed by atoms with E-state index in [1.165, 1.54) is 0 Å². The van der Waals surface area contributed by atoms with Crippen molar-refractivity contribution in [2.45, 2.75) is 26.9 Å². The lowest BCUT2D eigenvalue weighted by atomic mass is 10.2. The van der Waals surface area contributed by atoms with Crippen LogP contribution in [0.25, 0.3) is 0 Å². The maximum absolute atomic E-state index is 12.0. The van der Waals surface area contributed by atoms with Crippen molar-refractivity contribution in [1.82, 2.24) is 5.32 Å². The third-order valence-corrected chi connectivity index (χ3v) is 3.42. The third kappa shape index (κ3) is 5.33. The quantitative estimate of drug-likeness (QED) is 0.798. The molecule has 0 spiro atoms. The molecule has 0 saturated heterocycles. The van der Waals surface area contributed by atoms with Crippen LogP contribution in [-0.4, -0.2) is 25.2 Å². The van der Waals surface area contributed by atoms with Gasteiger partial charge in [0.2, 0.25) is 0 Å². The number of carbonyl (C=O) groups excluding carboxylic acids is 1. The number of benzene rings is 2. The van der Waals surface area contributed by atoms with E-state index in [1.807, 2.05) is 62.4 Å². The Kier molecular flexibility index (Phi) is 6.03. The Bertz CT molecular complexity index is 655. The molecule has 1 atom stereocenters. The molecule has 0 saturated carbocycles. The van der Waals surface area contributed by atoms with E-state index in [0.29, 0.717) is 18.9 Å². The summed E-state index contributed by atoms with van der Waals surface area (Å²) in [4.78, 5) is 12.0. The smallest absolute Gasteiger partial charge is 0.260 e. The van der Waals surface area contributed by atoms with Crippen LogP contribution < -0.4 is 14.8 Å². The minimum absolute atomic E-state index is 0.153. The molecule has 122 valence electrons. The molecule has 0 bridgehead atoms. The fourth-order valence-electron chi connectivity index (χ4n) is 2.14. The van der Waals surface area contributed by atoms with Crippen LogP contribution in [0.5, 0.6) is 11.5 Å². The topological polar surface area (TPSA) is 47.6 Å². The van der Waals surface area contributed by atoms with Gasteiger partial charge in [-0.05, 0) is 50.1 Å². The maximum atomic E-state index is 12.0. The van der Waals surface area contributed by atoms with Gasteiger partial charge in [-0.3, -0.25) is 4.79 Å². The van der Waals surface area contributed by atoms with Crippen LogP contribution in [0.2, 0.25) is 0 Å². The number of para-hydroxylation sites is 1. The zero-order valence-corrected chi connectivity index (χ0v) is 13.8. The lowest BCUT2D eigenvalue weighted by molar-refractivity contribution is -0.127. The highest BCUT2D eigenvalue weighted by Gasteiger charge is 2.14. The normalized spacial score (nSPS) is 11.6. The molecule has 0 radical (unpaired) electrons. The number of ether oxygens (including phenoxy) is 2. The van der Waals surface area contributed by atoms with Crippen LogP contribution >= 0.6 is 0 Å². The van der Waals surface area contributed by atoms with E-state index in [9.17, 15) is 4.79 Å². The molecule has 1 amide bonds. The van der Waals surface area contributed by atoms with Gasteiger partial charge in [-0.25, -0.2) is 0 Å². The number of hydrogen-bond acceptors (Lipinski definition) is 3. The van der Waals surface area contributed by atoms with Gasteiger partial charge in [0.15, 0.2) is 6.10 Å². The molecular weight excluding hydrogens is 290 g/mol. The second kappa shape index (κ2) is 8.22. The van der Waals surface area contributed by atoms with E-state index in [1.54, 1.807) is 6.92 Å². The summed E-state index contributed by atoms with van der Waals surface area (Å²) >= 11 is 0. The van der Waals surface area contributed by atoms with Gasteiger partial charge in [-0.2, -0.15) is 0 Å². The lowest BCUT2D eigenvalue weighted by Crippen LogP contribution is -2.38. The Morgan fingerprint density at radius 3 is 2.65 bits per heavy atom. The molecule has 0 aromatic heterocycles. The van der Waals surface area contributed by atoms with E-state index >= 15 is 0 Å². The third-order valence-electron chi connectivity index (χ3n) is 3.42. The summed E-state index contributed by atoms with van der Waals surface area (Å²) in [6.45, 7) is 6.58. The maximum Gasteiger partial charge on any atom is 0.260 e. The number of nitrogens with one attached hydrogen (secondary N) is 1. The van der Waals surface area contributed by atoms with Crippen molar-refractivity contribution in [2.24, 2.45) is 0 Å². The molecule has 0 aliphatic rings. The fraction of sp³-hybridized carbons (Fsp3) is 0.316. The first kappa shape index (κ1) is 16.9. The van der Waals surface area contributed by atoms with Gasteiger partial charge in [0.25, 0.3) is 5.91 Å². The average Bonchev–Trinajstić information content (AvgIpc) is 2.53. The summed E-state index contributed by atoms with van der Waals surface area (Å²) in [6, 6.07) is 15.5. The molecular formula is C19H23NO3. The minimum Gasteiger partial charge on any atom is -0.491 e. The lowest BCUT2D eigenvalue weighted by Gasteiger charge is -2.15. The number of amides is 1. The van der Waals surface area contributed by atoms with E-state index < -0.39 is 6.10 Å². The highest BCUT2D eigenvalue weighted by molar-refractivity contribution is 5.80. The number of aryl methyl sites for hydroxylation is 2. The highest BCUT2D eigenvalue weighted by atomic mass is 16.5. The average molecular weight is 313 g/mol. The van der Waals surface area contributed by atoms with Crippen LogP contribution in [0.15, 0.2) is 48.5 Å². The summed E-state index contributed by atoms with van der Waals surface area (Å²) < 4.78 is 11.3. The first-order valence-electron chi connectivity index (χ1n) is 7.76. The van der Waals surface area contributed by atoms with Gasteiger partial charge in [-0.1, -0.05) is 30.3 Å². The first-order valence-corrected chi connectivity index (χ1v) is 7.76. The molecule has 2 aromatic rings. The number of rotatable bonds is 7. The Morgan fingerprint density at radius 1 is 1.13 bits per heavy atom. The summed E-state index contributed by atoms with van der Waals surface area (Å²) in [5.74, 6) is 1.38. The SMILES string of the molecule is Cc1cccc(OC(C)C(=O)NCCOc2ccccc2C)c1. The standard InChI is InChI=1S/C19H23NO3/c1-14-7-6-9-17(13-14)23-16(3)19(21)20-11-12-22-18-10-5-4-8-15(18)2/h4-10,13,16H,11-12H2,1-3H3,(H,20,21). The van der Waals surface area contributed by atoms with E-state index in [-0.39, 0.29) is 5.91 Å². The van der Waals surface area contributed by atoms with Gasteiger partial charge in [-0.15, -0.1) is 0 Å². The largest absolute Gasteiger partial charge is 0.491 e. The van der Waals surface area contributed by atoms with Crippen molar-refractivity contribution < 1.29 is 14.3 Å². The van der Waals surface area contributed by atoms with Crippen LogP contribution in [0, 0.1) is 13.8 Å². The number of carbonyl (C=O) groups is 1. The molecule has 1 unspecified atom stereocenters. The van der Waals surface area contributed by atoms with Gasteiger partial charge < -0.3 is 14.8 Å². The number of hydrogen-bond donors (Lipinski definition) is 1. The molecule has 0 aliphatic heterocycles. The molecule has 2 aromatic carbocycles.